The summed E-state index contributed by atoms with van der Waals surface area (Å²) in [5, 5.41) is 3.61. The van der Waals surface area contributed by atoms with E-state index in [1.807, 2.05) is 11.3 Å². The highest BCUT2D eigenvalue weighted by molar-refractivity contribution is 7.12. The van der Waals surface area contributed by atoms with E-state index in [0.717, 1.165) is 6.54 Å². The quantitative estimate of drug-likeness (QED) is 0.883. The first kappa shape index (κ1) is 15.1. The molecule has 1 N–H and O–H groups in total. The number of anilines is 1. The van der Waals surface area contributed by atoms with Crippen LogP contribution < -0.4 is 10.2 Å². The first-order valence-corrected chi connectivity index (χ1v) is 7.85. The molecule has 0 aliphatic carbocycles. The Bertz CT molecular complexity index is 555. The van der Waals surface area contributed by atoms with Crippen molar-refractivity contribution in [2.24, 2.45) is 0 Å². The number of rotatable bonds is 5. The molecule has 0 saturated carbocycles. The number of nitrogens with one attached hydrogen (secondary N) is 1. The van der Waals surface area contributed by atoms with Gasteiger partial charge in [-0.1, -0.05) is 12.1 Å². The molecule has 0 radical (unpaired) electrons. The molecule has 2 rings (SSSR count). The largest absolute Gasteiger partial charge is 0.378 e. The van der Waals surface area contributed by atoms with Crippen LogP contribution in [-0.4, -0.2) is 14.1 Å². The summed E-state index contributed by atoms with van der Waals surface area (Å²) in [6.07, 6.45) is 0. The van der Waals surface area contributed by atoms with E-state index >= 15 is 0 Å². The van der Waals surface area contributed by atoms with Gasteiger partial charge >= 0.3 is 0 Å². The molecule has 1 aromatic carbocycles. The molecule has 2 nitrogen and oxygen atoms in total. The van der Waals surface area contributed by atoms with Crippen molar-refractivity contribution >= 4 is 17.0 Å². The summed E-state index contributed by atoms with van der Waals surface area (Å²) in [6.45, 7) is 7.52. The third kappa shape index (κ3) is 3.62. The van der Waals surface area contributed by atoms with E-state index in [1.54, 1.807) is 0 Å². The molecule has 108 valence electrons. The van der Waals surface area contributed by atoms with Crippen molar-refractivity contribution in [1.82, 2.24) is 5.32 Å². The molecule has 1 atom stereocenters. The number of nitrogens with zero attached hydrogens (tertiary/aromatic N) is 1. The zero-order valence-corrected chi connectivity index (χ0v) is 13.8. The van der Waals surface area contributed by atoms with Crippen LogP contribution in [0.5, 0.6) is 0 Å². The normalized spacial score (nSPS) is 12.4. The summed E-state index contributed by atoms with van der Waals surface area (Å²) in [5.74, 6) is 0. The molecule has 1 aromatic heterocycles. The Morgan fingerprint density at radius 1 is 1.15 bits per heavy atom. The summed E-state index contributed by atoms with van der Waals surface area (Å²) in [6, 6.07) is 11.4. The number of benzene rings is 1. The maximum Gasteiger partial charge on any atom is 0.0361 e. The van der Waals surface area contributed by atoms with Crippen LogP contribution in [0.1, 0.15) is 33.8 Å². The highest BCUT2D eigenvalue weighted by Crippen LogP contribution is 2.26. The zero-order valence-electron chi connectivity index (χ0n) is 13.0. The summed E-state index contributed by atoms with van der Waals surface area (Å²) in [7, 11) is 4.13. The van der Waals surface area contributed by atoms with Crippen molar-refractivity contribution < 1.29 is 0 Å². The van der Waals surface area contributed by atoms with Crippen molar-refractivity contribution in [3.8, 4) is 0 Å². The lowest BCUT2D eigenvalue weighted by molar-refractivity contribution is 0.574. The number of thiophene rings is 1. The van der Waals surface area contributed by atoms with Crippen molar-refractivity contribution in [2.45, 2.75) is 33.4 Å². The third-order valence-electron chi connectivity index (χ3n) is 3.61. The smallest absolute Gasteiger partial charge is 0.0361 e. The van der Waals surface area contributed by atoms with Crippen LogP contribution in [0.2, 0.25) is 0 Å². The first-order valence-electron chi connectivity index (χ1n) is 7.04. The van der Waals surface area contributed by atoms with Gasteiger partial charge in [0, 0.05) is 42.1 Å². The predicted octanol–water partition coefficient (Wildman–Crippen LogP) is 4.28. The van der Waals surface area contributed by atoms with E-state index in [-0.39, 0.29) is 0 Å². The second-order valence-corrected chi connectivity index (χ2v) is 6.99. The molecule has 0 fully saturated rings. The summed E-state index contributed by atoms with van der Waals surface area (Å²) in [4.78, 5) is 4.93. The Morgan fingerprint density at radius 2 is 1.80 bits per heavy atom. The van der Waals surface area contributed by atoms with E-state index in [4.69, 9.17) is 0 Å². The van der Waals surface area contributed by atoms with Crippen molar-refractivity contribution in [3.05, 3.63) is 51.2 Å². The molecule has 0 aliphatic heterocycles. The van der Waals surface area contributed by atoms with Crippen molar-refractivity contribution in [3.63, 3.8) is 0 Å². The van der Waals surface area contributed by atoms with Gasteiger partial charge in [0.2, 0.25) is 0 Å². The van der Waals surface area contributed by atoms with Gasteiger partial charge in [-0.25, -0.2) is 0 Å². The van der Waals surface area contributed by atoms with Gasteiger partial charge in [-0.05, 0) is 50.1 Å². The average Bonchev–Trinajstić information content (AvgIpc) is 2.75. The number of hydrogen-bond donors (Lipinski definition) is 1. The minimum absolute atomic E-state index is 0.397. The highest BCUT2D eigenvalue weighted by atomic mass is 32.1. The lowest BCUT2D eigenvalue weighted by Crippen LogP contribution is -2.18. The van der Waals surface area contributed by atoms with Crippen LogP contribution in [-0.2, 0) is 6.54 Å². The predicted molar refractivity (Wildman–Crippen MR) is 89.8 cm³/mol. The lowest BCUT2D eigenvalue weighted by atomic mass is 10.1. The average molecular weight is 288 g/mol. The van der Waals surface area contributed by atoms with Crippen molar-refractivity contribution in [1.29, 1.82) is 0 Å². The Hall–Kier alpha value is -1.32. The van der Waals surface area contributed by atoms with Crippen LogP contribution in [0.4, 0.5) is 5.69 Å². The maximum absolute atomic E-state index is 3.61. The van der Waals surface area contributed by atoms with Gasteiger partial charge in [-0.3, -0.25) is 0 Å². The van der Waals surface area contributed by atoms with Gasteiger partial charge in [0.05, 0.1) is 0 Å². The van der Waals surface area contributed by atoms with Gasteiger partial charge < -0.3 is 10.2 Å². The molecule has 0 aliphatic rings. The first-order chi connectivity index (χ1) is 9.47. The molecule has 1 unspecified atom stereocenters. The molecule has 0 amide bonds. The summed E-state index contributed by atoms with van der Waals surface area (Å²) >= 11 is 1.88. The van der Waals surface area contributed by atoms with E-state index in [2.05, 4.69) is 75.4 Å². The van der Waals surface area contributed by atoms with Crippen molar-refractivity contribution in [2.75, 3.05) is 19.0 Å². The summed E-state index contributed by atoms with van der Waals surface area (Å²) in [5.41, 5.74) is 4.00. The second kappa shape index (κ2) is 6.42. The van der Waals surface area contributed by atoms with Gasteiger partial charge in [0.15, 0.2) is 0 Å². The lowest BCUT2D eigenvalue weighted by Gasteiger charge is -2.15. The topological polar surface area (TPSA) is 15.3 Å². The zero-order chi connectivity index (χ0) is 14.7. The Balaban J connectivity index is 1.96. The molecular formula is C17H24N2S. The second-order valence-electron chi connectivity index (χ2n) is 5.53. The van der Waals surface area contributed by atoms with E-state index in [9.17, 15) is 0 Å². The highest BCUT2D eigenvalue weighted by Gasteiger charge is 2.10. The van der Waals surface area contributed by atoms with Gasteiger partial charge in [-0.2, -0.15) is 0 Å². The molecule has 0 spiro atoms. The summed E-state index contributed by atoms with van der Waals surface area (Å²) < 4.78 is 0. The molecule has 20 heavy (non-hydrogen) atoms. The SMILES string of the molecule is Cc1cc(C(C)NCc2ccc(N(C)C)cc2)c(C)s1. The van der Waals surface area contributed by atoms with Gasteiger partial charge in [-0.15, -0.1) is 11.3 Å². The Kier molecular flexibility index (Phi) is 4.84. The fourth-order valence-corrected chi connectivity index (χ4v) is 3.40. The number of aryl methyl sites for hydroxylation is 2. The van der Waals surface area contributed by atoms with Crippen LogP contribution in [0, 0.1) is 13.8 Å². The fraction of sp³-hybridized carbons (Fsp3) is 0.412. The monoisotopic (exact) mass is 288 g/mol. The standard InChI is InChI=1S/C17H24N2S/c1-12-10-17(14(3)20-12)13(2)18-11-15-6-8-16(9-7-15)19(4)5/h6-10,13,18H,11H2,1-5H3. The molecule has 0 bridgehead atoms. The van der Waals surface area contributed by atoms with Gasteiger partial charge in [0.1, 0.15) is 0 Å². The molecule has 3 heteroatoms. The van der Waals surface area contributed by atoms with Crippen LogP contribution in [0.25, 0.3) is 0 Å². The molecule has 2 aromatic rings. The molecule has 0 saturated heterocycles. The van der Waals surface area contributed by atoms with Gasteiger partial charge in [0.25, 0.3) is 0 Å². The minimum Gasteiger partial charge on any atom is -0.378 e. The van der Waals surface area contributed by atoms with Crippen LogP contribution >= 0.6 is 11.3 Å². The maximum atomic E-state index is 3.61. The molecule has 1 heterocycles. The Labute approximate surface area is 126 Å². The Morgan fingerprint density at radius 3 is 2.30 bits per heavy atom. The molecular weight excluding hydrogens is 264 g/mol. The fourth-order valence-electron chi connectivity index (χ4n) is 2.37. The van der Waals surface area contributed by atoms with E-state index < -0.39 is 0 Å². The van der Waals surface area contributed by atoms with Crippen LogP contribution in [0.3, 0.4) is 0 Å². The third-order valence-corrected chi connectivity index (χ3v) is 4.59. The van der Waals surface area contributed by atoms with E-state index in [0.29, 0.717) is 6.04 Å². The van der Waals surface area contributed by atoms with Crippen LogP contribution in [0.15, 0.2) is 30.3 Å². The minimum atomic E-state index is 0.397. The van der Waals surface area contributed by atoms with E-state index in [1.165, 1.54) is 26.6 Å². The number of hydrogen-bond acceptors (Lipinski definition) is 3.